The van der Waals surface area contributed by atoms with Crippen LogP contribution in [0.4, 0.5) is 5.69 Å². The Bertz CT molecular complexity index is 659. The molecule has 134 valence electrons. The van der Waals surface area contributed by atoms with Crippen LogP contribution in [0.25, 0.3) is 0 Å². The minimum Gasteiger partial charge on any atom is -0.326 e. The van der Waals surface area contributed by atoms with Crippen LogP contribution in [0.5, 0.6) is 0 Å². The van der Waals surface area contributed by atoms with Gasteiger partial charge in [-0.25, -0.2) is 0 Å². The maximum atomic E-state index is 12.4. The number of hydrogen-bond donors (Lipinski definition) is 1. The summed E-state index contributed by atoms with van der Waals surface area (Å²) in [7, 11) is 0. The fourth-order valence-electron chi connectivity index (χ4n) is 3.99. The second-order valence-corrected chi connectivity index (χ2v) is 7.37. The summed E-state index contributed by atoms with van der Waals surface area (Å²) in [5.74, 6) is -0.308. The molecule has 5 heteroatoms. The molecule has 2 aliphatic rings. The molecule has 1 saturated heterocycles. The van der Waals surface area contributed by atoms with Gasteiger partial charge in [0.05, 0.1) is 11.8 Å². The first-order valence-corrected chi connectivity index (χ1v) is 9.23. The first-order chi connectivity index (χ1) is 12.0. The van der Waals surface area contributed by atoms with Gasteiger partial charge >= 0.3 is 0 Å². The molecule has 1 aromatic rings. The third-order valence-electron chi connectivity index (χ3n) is 5.35. The van der Waals surface area contributed by atoms with Gasteiger partial charge in [0.25, 0.3) is 0 Å². The molecule has 1 aliphatic carbocycles. The van der Waals surface area contributed by atoms with E-state index in [1.54, 1.807) is 0 Å². The lowest BCUT2D eigenvalue weighted by Gasteiger charge is -2.19. The Hall–Kier alpha value is -2.17. The number of imide groups is 1. The van der Waals surface area contributed by atoms with Gasteiger partial charge < -0.3 is 5.32 Å². The molecule has 0 spiro atoms. The van der Waals surface area contributed by atoms with Gasteiger partial charge in [-0.3, -0.25) is 19.3 Å². The third kappa shape index (κ3) is 3.60. The molecule has 1 saturated carbocycles. The first kappa shape index (κ1) is 17.6. The summed E-state index contributed by atoms with van der Waals surface area (Å²) in [6.07, 6.45) is 3.78. The van der Waals surface area contributed by atoms with Crippen LogP contribution in [0.3, 0.4) is 0 Å². The van der Waals surface area contributed by atoms with Crippen molar-refractivity contribution < 1.29 is 14.4 Å². The lowest BCUT2D eigenvalue weighted by Crippen LogP contribution is -2.34. The predicted octanol–water partition coefficient (Wildman–Crippen LogP) is 3.31. The number of carbonyl (C=O) groups excluding carboxylic acids is 3. The zero-order valence-electron chi connectivity index (χ0n) is 15.0. The van der Waals surface area contributed by atoms with Crippen LogP contribution in [0, 0.1) is 11.8 Å². The highest BCUT2D eigenvalue weighted by Crippen LogP contribution is 2.38. The van der Waals surface area contributed by atoms with E-state index in [2.05, 4.69) is 19.2 Å². The topological polar surface area (TPSA) is 66.5 Å². The number of nitrogens with zero attached hydrogens (tertiary/aromatic N) is 1. The fraction of sp³-hybridized carbons (Fsp3) is 0.550. The monoisotopic (exact) mass is 342 g/mol. The van der Waals surface area contributed by atoms with Crippen LogP contribution < -0.4 is 5.32 Å². The normalized spacial score (nSPS) is 23.1. The minimum absolute atomic E-state index is 0.0786. The summed E-state index contributed by atoms with van der Waals surface area (Å²) in [5.41, 5.74) is 1.88. The highest BCUT2D eigenvalue weighted by molar-refractivity contribution is 6.05. The van der Waals surface area contributed by atoms with Crippen LogP contribution >= 0.6 is 0 Å². The Balaban J connectivity index is 1.59. The maximum Gasteiger partial charge on any atom is 0.233 e. The minimum atomic E-state index is -0.163. The number of nitrogens with one attached hydrogen (secondary N) is 1. The molecule has 0 radical (unpaired) electrons. The van der Waals surface area contributed by atoms with Crippen LogP contribution in [-0.4, -0.2) is 29.2 Å². The molecule has 25 heavy (non-hydrogen) atoms. The average Bonchev–Trinajstić information content (AvgIpc) is 2.85. The molecule has 1 N–H and O–H groups in total. The van der Waals surface area contributed by atoms with Crippen molar-refractivity contribution in [2.45, 2.75) is 51.9 Å². The molecule has 0 unspecified atom stereocenters. The van der Waals surface area contributed by atoms with Gasteiger partial charge in [0.2, 0.25) is 17.7 Å². The first-order valence-electron chi connectivity index (χ1n) is 9.23. The number of likely N-dealkylation sites (tertiary alicyclic amines) is 1. The Labute approximate surface area is 148 Å². The largest absolute Gasteiger partial charge is 0.326 e. The summed E-state index contributed by atoms with van der Waals surface area (Å²) >= 11 is 0. The van der Waals surface area contributed by atoms with Gasteiger partial charge in [-0.1, -0.05) is 44.9 Å². The highest BCUT2D eigenvalue weighted by Gasteiger charge is 2.47. The van der Waals surface area contributed by atoms with Crippen molar-refractivity contribution in [3.8, 4) is 0 Å². The Morgan fingerprint density at radius 3 is 2.32 bits per heavy atom. The lowest BCUT2D eigenvalue weighted by atomic mass is 9.81. The van der Waals surface area contributed by atoms with Crippen molar-refractivity contribution in [1.82, 2.24) is 4.90 Å². The molecular formula is C20H26N2O3. The second kappa shape index (κ2) is 7.38. The van der Waals surface area contributed by atoms with Crippen LogP contribution in [0.2, 0.25) is 0 Å². The van der Waals surface area contributed by atoms with Crippen LogP contribution in [0.15, 0.2) is 24.3 Å². The van der Waals surface area contributed by atoms with Crippen molar-refractivity contribution in [3.05, 3.63) is 29.8 Å². The fourth-order valence-corrected chi connectivity index (χ4v) is 3.99. The molecule has 2 atom stereocenters. The number of hydrogen-bond acceptors (Lipinski definition) is 3. The van der Waals surface area contributed by atoms with Crippen molar-refractivity contribution in [2.75, 3.05) is 11.9 Å². The zero-order valence-corrected chi connectivity index (χ0v) is 15.0. The maximum absolute atomic E-state index is 12.4. The number of fused-ring (bicyclic) bond motifs is 1. The summed E-state index contributed by atoms with van der Waals surface area (Å²) in [5, 5.41) is 2.92. The number of rotatable bonds is 5. The van der Waals surface area contributed by atoms with Crippen molar-refractivity contribution >= 4 is 23.4 Å². The van der Waals surface area contributed by atoms with E-state index >= 15 is 0 Å². The van der Waals surface area contributed by atoms with E-state index in [-0.39, 0.29) is 42.5 Å². The van der Waals surface area contributed by atoms with E-state index in [1.165, 1.54) is 4.90 Å². The second-order valence-electron chi connectivity index (χ2n) is 7.37. The van der Waals surface area contributed by atoms with E-state index in [0.29, 0.717) is 5.92 Å². The number of carbonyl (C=O) groups is 3. The van der Waals surface area contributed by atoms with Gasteiger partial charge in [-0.05, 0) is 30.4 Å². The number of benzene rings is 1. The molecule has 3 rings (SSSR count). The Kier molecular flexibility index (Phi) is 5.21. The highest BCUT2D eigenvalue weighted by atomic mass is 16.2. The SMILES string of the molecule is CC(C)c1ccccc1NC(=O)CCN1C(=O)[C@H]2CCCC[C@@H]2C1=O. The molecule has 0 aromatic heterocycles. The van der Waals surface area contributed by atoms with E-state index in [4.69, 9.17) is 0 Å². The summed E-state index contributed by atoms with van der Waals surface area (Å²) in [6, 6.07) is 7.72. The molecule has 3 amide bonds. The van der Waals surface area contributed by atoms with Crippen LogP contribution in [-0.2, 0) is 14.4 Å². The lowest BCUT2D eigenvalue weighted by molar-refractivity contribution is -0.140. The smallest absolute Gasteiger partial charge is 0.233 e. The summed E-state index contributed by atoms with van der Waals surface area (Å²) in [4.78, 5) is 38.5. The van der Waals surface area contributed by atoms with Gasteiger partial charge in [0.1, 0.15) is 0 Å². The number of para-hydroxylation sites is 1. The van der Waals surface area contributed by atoms with E-state index in [1.807, 2.05) is 24.3 Å². The van der Waals surface area contributed by atoms with E-state index < -0.39 is 0 Å². The van der Waals surface area contributed by atoms with E-state index in [9.17, 15) is 14.4 Å². The van der Waals surface area contributed by atoms with Crippen molar-refractivity contribution in [1.29, 1.82) is 0 Å². The average molecular weight is 342 g/mol. The molecular weight excluding hydrogens is 316 g/mol. The molecule has 1 aliphatic heterocycles. The Morgan fingerprint density at radius 1 is 1.12 bits per heavy atom. The van der Waals surface area contributed by atoms with Crippen LogP contribution in [0.1, 0.15) is 57.4 Å². The standard InChI is InChI=1S/C20H26N2O3/c1-13(2)14-7-5-6-10-17(14)21-18(23)11-12-22-19(24)15-8-3-4-9-16(15)20(22)25/h5-7,10,13,15-16H,3-4,8-9,11-12H2,1-2H3,(H,21,23)/t15-,16-/m0/s1. The van der Waals surface area contributed by atoms with Gasteiger partial charge in [-0.15, -0.1) is 0 Å². The molecule has 2 fully saturated rings. The van der Waals surface area contributed by atoms with Gasteiger partial charge in [0.15, 0.2) is 0 Å². The van der Waals surface area contributed by atoms with Gasteiger partial charge in [0, 0.05) is 18.7 Å². The summed E-state index contributed by atoms with van der Waals surface area (Å²) in [6.45, 7) is 4.34. The molecule has 0 bridgehead atoms. The van der Waals surface area contributed by atoms with E-state index in [0.717, 1.165) is 36.9 Å². The van der Waals surface area contributed by atoms with Gasteiger partial charge in [-0.2, -0.15) is 0 Å². The van der Waals surface area contributed by atoms with Crippen molar-refractivity contribution in [2.24, 2.45) is 11.8 Å². The Morgan fingerprint density at radius 2 is 1.72 bits per heavy atom. The summed E-state index contributed by atoms with van der Waals surface area (Å²) < 4.78 is 0. The third-order valence-corrected chi connectivity index (χ3v) is 5.35. The molecule has 1 aromatic carbocycles. The predicted molar refractivity (Wildman–Crippen MR) is 95.9 cm³/mol. The molecule has 5 nitrogen and oxygen atoms in total. The number of amides is 3. The van der Waals surface area contributed by atoms with Crippen molar-refractivity contribution in [3.63, 3.8) is 0 Å². The quantitative estimate of drug-likeness (QED) is 0.835. The zero-order chi connectivity index (χ0) is 18.0. The molecule has 1 heterocycles. The number of anilines is 1.